The van der Waals surface area contributed by atoms with E-state index >= 15 is 0 Å². The summed E-state index contributed by atoms with van der Waals surface area (Å²) in [7, 11) is 0. The molecule has 0 aromatic heterocycles. The Bertz CT molecular complexity index is 1250. The molecule has 1 saturated heterocycles. The van der Waals surface area contributed by atoms with Crippen LogP contribution in [0.3, 0.4) is 0 Å². The van der Waals surface area contributed by atoms with Crippen LogP contribution in [-0.4, -0.2) is 71.3 Å². The van der Waals surface area contributed by atoms with Crippen molar-refractivity contribution in [2.75, 3.05) is 26.2 Å². The number of carboxylic acids is 1. The van der Waals surface area contributed by atoms with Gasteiger partial charge in [0.15, 0.2) is 0 Å². The molecular formula is C36H49F2N3O4. The van der Waals surface area contributed by atoms with Gasteiger partial charge in [0, 0.05) is 38.3 Å². The average Bonchev–Trinajstić information content (AvgIpc) is 3.45. The largest absolute Gasteiger partial charge is 0.480 e. The molecule has 3 aliphatic rings. The Hall–Kier alpha value is -3.04. The van der Waals surface area contributed by atoms with E-state index in [1.165, 1.54) is 24.6 Å². The SMILES string of the molecule is CCCN(C(=O)OCc1ccc(F)cc1)C1CCN(CC2CC(NC(C(=O)O)C3CCCCC3)CC2c2cccc(F)c2)CC1. The van der Waals surface area contributed by atoms with E-state index in [2.05, 4.69) is 17.1 Å². The molecule has 3 fully saturated rings. The average molecular weight is 626 g/mol. The monoisotopic (exact) mass is 625 g/mol. The zero-order valence-corrected chi connectivity index (χ0v) is 26.5. The van der Waals surface area contributed by atoms with Gasteiger partial charge in [0.25, 0.3) is 0 Å². The van der Waals surface area contributed by atoms with Gasteiger partial charge in [0.2, 0.25) is 0 Å². The van der Waals surface area contributed by atoms with E-state index in [9.17, 15) is 23.5 Å². The first-order chi connectivity index (χ1) is 21.8. The number of carbonyl (C=O) groups is 2. The molecule has 2 aromatic rings. The second kappa shape index (κ2) is 16.0. The maximum Gasteiger partial charge on any atom is 0.410 e. The van der Waals surface area contributed by atoms with Crippen LogP contribution in [0, 0.1) is 23.5 Å². The molecule has 1 amide bonds. The van der Waals surface area contributed by atoms with E-state index < -0.39 is 12.0 Å². The van der Waals surface area contributed by atoms with E-state index in [0.29, 0.717) is 6.54 Å². The molecule has 2 N–H and O–H groups in total. The highest BCUT2D eigenvalue weighted by Gasteiger charge is 2.40. The normalized spacial score (nSPS) is 23.9. The summed E-state index contributed by atoms with van der Waals surface area (Å²) in [6, 6.07) is 12.5. The molecule has 0 bridgehead atoms. The lowest BCUT2D eigenvalue weighted by Gasteiger charge is -2.39. The van der Waals surface area contributed by atoms with Crippen molar-refractivity contribution < 1.29 is 28.2 Å². The lowest BCUT2D eigenvalue weighted by molar-refractivity contribution is -0.141. The Morgan fingerprint density at radius 3 is 2.40 bits per heavy atom. The van der Waals surface area contributed by atoms with Crippen molar-refractivity contribution in [3.63, 3.8) is 0 Å². The van der Waals surface area contributed by atoms with E-state index in [0.717, 1.165) is 88.5 Å². The predicted octanol–water partition coefficient (Wildman–Crippen LogP) is 6.96. The lowest BCUT2D eigenvalue weighted by Crippen LogP contribution is -2.49. The van der Waals surface area contributed by atoms with Crippen LogP contribution in [0.1, 0.15) is 88.2 Å². The topological polar surface area (TPSA) is 82.1 Å². The summed E-state index contributed by atoms with van der Waals surface area (Å²) in [5.74, 6) is -0.738. The van der Waals surface area contributed by atoms with Crippen LogP contribution in [0.4, 0.5) is 13.6 Å². The Morgan fingerprint density at radius 1 is 1.00 bits per heavy atom. The van der Waals surface area contributed by atoms with E-state index in [1.54, 1.807) is 24.3 Å². The molecule has 1 aliphatic heterocycles. The summed E-state index contributed by atoms with van der Waals surface area (Å²) >= 11 is 0. The number of nitrogens with one attached hydrogen (secondary N) is 1. The maximum absolute atomic E-state index is 14.3. The minimum absolute atomic E-state index is 0.0692. The van der Waals surface area contributed by atoms with Crippen molar-refractivity contribution in [2.45, 2.75) is 102 Å². The lowest BCUT2D eigenvalue weighted by atomic mass is 9.83. The number of likely N-dealkylation sites (tertiary alicyclic amines) is 1. The second-order valence-electron chi connectivity index (χ2n) is 13.4. The number of rotatable bonds is 12. The summed E-state index contributed by atoms with van der Waals surface area (Å²) in [5.41, 5.74) is 1.74. The molecule has 1 heterocycles. The van der Waals surface area contributed by atoms with E-state index in [1.807, 2.05) is 11.0 Å². The van der Waals surface area contributed by atoms with Crippen LogP contribution in [0.5, 0.6) is 0 Å². The summed E-state index contributed by atoms with van der Waals surface area (Å²) in [6.07, 6.45) is 9.10. The fourth-order valence-corrected chi connectivity index (χ4v) is 7.96. The number of carboxylic acid groups (broad SMARTS) is 1. The second-order valence-corrected chi connectivity index (χ2v) is 13.4. The third-order valence-corrected chi connectivity index (χ3v) is 10.2. The van der Waals surface area contributed by atoms with Crippen molar-refractivity contribution in [1.82, 2.24) is 15.1 Å². The minimum Gasteiger partial charge on any atom is -0.480 e. The number of halogens is 2. The number of amides is 1. The van der Waals surface area contributed by atoms with Gasteiger partial charge in [-0.25, -0.2) is 13.6 Å². The quantitative estimate of drug-likeness (QED) is 0.265. The fourth-order valence-electron chi connectivity index (χ4n) is 7.96. The molecule has 0 radical (unpaired) electrons. The highest BCUT2D eigenvalue weighted by Crippen LogP contribution is 2.42. The number of benzene rings is 2. The summed E-state index contributed by atoms with van der Waals surface area (Å²) in [4.78, 5) is 29.7. The van der Waals surface area contributed by atoms with Gasteiger partial charge in [-0.3, -0.25) is 4.79 Å². The molecule has 4 unspecified atom stereocenters. The van der Waals surface area contributed by atoms with E-state index in [-0.39, 0.29) is 54.2 Å². The molecule has 2 aromatic carbocycles. The van der Waals surface area contributed by atoms with Crippen molar-refractivity contribution in [3.8, 4) is 0 Å². The highest BCUT2D eigenvalue weighted by atomic mass is 19.1. The van der Waals surface area contributed by atoms with Crippen molar-refractivity contribution in [2.24, 2.45) is 11.8 Å². The standard InChI is InChI=1S/C36H49F2N3O4/c1-2-17-41(36(44)45-24-25-11-13-29(37)14-12-25)32-15-18-40(19-16-32)23-28-21-31(22-33(28)27-9-6-10-30(38)20-27)39-34(35(42)43)26-7-4-3-5-8-26/h6,9-14,20,26,28,31-34,39H,2-5,7-8,15-19,21-24H2,1H3,(H,42,43). The number of carbonyl (C=O) groups excluding carboxylic acids is 1. The molecule has 5 rings (SSSR count). The number of piperidine rings is 1. The molecule has 2 aliphatic carbocycles. The van der Waals surface area contributed by atoms with Gasteiger partial charge < -0.3 is 25.0 Å². The van der Waals surface area contributed by atoms with Crippen LogP contribution in [0.15, 0.2) is 48.5 Å². The summed E-state index contributed by atoms with van der Waals surface area (Å²) in [5, 5.41) is 13.7. The predicted molar refractivity (Wildman–Crippen MR) is 170 cm³/mol. The van der Waals surface area contributed by atoms with Gasteiger partial charge in [-0.05, 0) is 98.1 Å². The number of hydrogen-bond acceptors (Lipinski definition) is 5. The third-order valence-electron chi connectivity index (χ3n) is 10.2. The Kier molecular flexibility index (Phi) is 11.8. The molecule has 7 nitrogen and oxygen atoms in total. The van der Waals surface area contributed by atoms with Crippen LogP contribution < -0.4 is 5.32 Å². The van der Waals surface area contributed by atoms with Gasteiger partial charge in [-0.2, -0.15) is 0 Å². The Labute approximate surface area is 266 Å². The fraction of sp³-hybridized carbons (Fsp3) is 0.611. The van der Waals surface area contributed by atoms with Crippen LogP contribution in [-0.2, 0) is 16.1 Å². The first-order valence-corrected chi connectivity index (χ1v) is 16.9. The number of hydrogen-bond donors (Lipinski definition) is 2. The molecular weight excluding hydrogens is 576 g/mol. The minimum atomic E-state index is -0.762. The zero-order valence-electron chi connectivity index (χ0n) is 26.5. The first kappa shape index (κ1) is 33.3. The van der Waals surface area contributed by atoms with E-state index in [4.69, 9.17) is 4.74 Å². The van der Waals surface area contributed by atoms with Crippen LogP contribution in [0.2, 0.25) is 0 Å². The number of ether oxygens (including phenoxy) is 1. The molecule has 45 heavy (non-hydrogen) atoms. The van der Waals surface area contributed by atoms with Crippen LogP contribution >= 0.6 is 0 Å². The Morgan fingerprint density at radius 2 is 1.73 bits per heavy atom. The first-order valence-electron chi connectivity index (χ1n) is 16.9. The third kappa shape index (κ3) is 9.03. The van der Waals surface area contributed by atoms with Crippen molar-refractivity contribution in [1.29, 1.82) is 0 Å². The van der Waals surface area contributed by atoms with Gasteiger partial charge in [0.05, 0.1) is 0 Å². The van der Waals surface area contributed by atoms with Gasteiger partial charge in [-0.1, -0.05) is 50.5 Å². The molecule has 2 saturated carbocycles. The highest BCUT2D eigenvalue weighted by molar-refractivity contribution is 5.74. The summed E-state index contributed by atoms with van der Waals surface area (Å²) in [6.45, 7) is 5.34. The molecule has 9 heteroatoms. The molecule has 246 valence electrons. The van der Waals surface area contributed by atoms with Gasteiger partial charge in [0.1, 0.15) is 24.3 Å². The zero-order chi connectivity index (χ0) is 31.8. The number of nitrogens with zero attached hydrogens (tertiary/aromatic N) is 2. The number of aliphatic carboxylic acids is 1. The smallest absolute Gasteiger partial charge is 0.410 e. The molecule has 0 spiro atoms. The maximum atomic E-state index is 14.3. The molecule has 4 atom stereocenters. The van der Waals surface area contributed by atoms with Crippen LogP contribution in [0.25, 0.3) is 0 Å². The van der Waals surface area contributed by atoms with Gasteiger partial charge in [-0.15, -0.1) is 0 Å². The van der Waals surface area contributed by atoms with Gasteiger partial charge >= 0.3 is 12.1 Å². The Balaban J connectivity index is 1.19. The summed E-state index contributed by atoms with van der Waals surface area (Å²) < 4.78 is 33.2. The van der Waals surface area contributed by atoms with Crippen molar-refractivity contribution >= 4 is 12.1 Å². The van der Waals surface area contributed by atoms with Crippen molar-refractivity contribution in [3.05, 3.63) is 71.3 Å².